The molecule has 0 saturated heterocycles. The van der Waals surface area contributed by atoms with E-state index in [-0.39, 0.29) is 0 Å². The quantitative estimate of drug-likeness (QED) is 0.684. The summed E-state index contributed by atoms with van der Waals surface area (Å²) in [5, 5.41) is 4.10. The third-order valence-corrected chi connectivity index (χ3v) is 2.16. The molecule has 5 heteroatoms. The Balaban J connectivity index is 2.92. The molecule has 0 aliphatic carbocycles. The lowest BCUT2D eigenvalue weighted by Crippen LogP contribution is -2.01. The number of fused-ring (bicyclic) bond motifs is 1. The molecule has 0 spiro atoms. The Bertz CT molecular complexity index is 434. The smallest absolute Gasteiger partial charge is 0.173 e. The van der Waals surface area contributed by atoms with E-state index in [4.69, 9.17) is 0 Å². The molecule has 0 fully saturated rings. The fourth-order valence-corrected chi connectivity index (χ4v) is 1.47. The molecule has 0 aliphatic rings. The molecule has 0 aromatic carbocycles. The van der Waals surface area contributed by atoms with Gasteiger partial charge in [-0.1, -0.05) is 0 Å². The van der Waals surface area contributed by atoms with E-state index in [2.05, 4.69) is 31.0 Å². The fraction of sp³-hybridized carbons (Fsp3) is 0.286. The standard InChI is InChI=1S/C7H7BrN4/c1-4-10-5(2)12-7(11-4)6(8)3-9-12/h3H,1-2H3. The minimum Gasteiger partial charge on any atom is -0.219 e. The van der Waals surface area contributed by atoms with Crippen LogP contribution in [0.25, 0.3) is 5.65 Å². The van der Waals surface area contributed by atoms with Crippen molar-refractivity contribution in [2.75, 3.05) is 0 Å². The zero-order chi connectivity index (χ0) is 8.72. The van der Waals surface area contributed by atoms with Gasteiger partial charge in [0.1, 0.15) is 11.6 Å². The summed E-state index contributed by atoms with van der Waals surface area (Å²) in [5.41, 5.74) is 0.819. The van der Waals surface area contributed by atoms with Crippen LogP contribution in [0.2, 0.25) is 0 Å². The van der Waals surface area contributed by atoms with E-state index in [9.17, 15) is 0 Å². The molecule has 0 bridgehead atoms. The molecular formula is C7H7BrN4. The van der Waals surface area contributed by atoms with E-state index in [0.29, 0.717) is 0 Å². The second kappa shape index (κ2) is 2.52. The maximum Gasteiger partial charge on any atom is 0.173 e. The summed E-state index contributed by atoms with van der Waals surface area (Å²) < 4.78 is 2.60. The number of rotatable bonds is 0. The molecule has 0 N–H and O–H groups in total. The molecule has 2 rings (SSSR count). The summed E-state index contributed by atoms with van der Waals surface area (Å²) in [4.78, 5) is 8.42. The molecule has 2 heterocycles. The second-order valence-electron chi connectivity index (χ2n) is 2.55. The highest BCUT2D eigenvalue weighted by Crippen LogP contribution is 2.15. The Morgan fingerprint density at radius 3 is 2.83 bits per heavy atom. The molecular weight excluding hydrogens is 220 g/mol. The van der Waals surface area contributed by atoms with Crippen LogP contribution in [0.3, 0.4) is 0 Å². The molecule has 0 unspecified atom stereocenters. The number of hydrogen-bond acceptors (Lipinski definition) is 3. The van der Waals surface area contributed by atoms with Crippen molar-refractivity contribution >= 4 is 21.6 Å². The van der Waals surface area contributed by atoms with Gasteiger partial charge in [0, 0.05) is 0 Å². The van der Waals surface area contributed by atoms with Gasteiger partial charge in [-0.25, -0.2) is 14.5 Å². The number of nitrogens with zero attached hydrogens (tertiary/aromatic N) is 4. The number of aromatic nitrogens is 4. The van der Waals surface area contributed by atoms with E-state index < -0.39 is 0 Å². The van der Waals surface area contributed by atoms with Gasteiger partial charge < -0.3 is 0 Å². The largest absolute Gasteiger partial charge is 0.219 e. The van der Waals surface area contributed by atoms with E-state index >= 15 is 0 Å². The zero-order valence-corrected chi connectivity index (χ0v) is 8.33. The Morgan fingerprint density at radius 2 is 2.08 bits per heavy atom. The summed E-state index contributed by atoms with van der Waals surface area (Å²) in [6.07, 6.45) is 1.72. The van der Waals surface area contributed by atoms with Crippen molar-refractivity contribution in [3.05, 3.63) is 22.3 Å². The number of halogens is 1. The summed E-state index contributed by atoms with van der Waals surface area (Å²) in [5.74, 6) is 1.62. The highest BCUT2D eigenvalue weighted by Gasteiger charge is 2.05. The third kappa shape index (κ3) is 1.01. The Hall–Kier alpha value is -0.970. The minimum atomic E-state index is 0.765. The van der Waals surface area contributed by atoms with Gasteiger partial charge in [-0.05, 0) is 29.8 Å². The van der Waals surface area contributed by atoms with Gasteiger partial charge in [-0.3, -0.25) is 0 Å². The topological polar surface area (TPSA) is 43.1 Å². The summed E-state index contributed by atoms with van der Waals surface area (Å²) in [6.45, 7) is 3.77. The van der Waals surface area contributed by atoms with E-state index in [1.54, 1.807) is 10.7 Å². The lowest BCUT2D eigenvalue weighted by atomic mass is 10.6. The Kier molecular flexibility index (Phi) is 1.61. The lowest BCUT2D eigenvalue weighted by molar-refractivity contribution is 0.817. The average molecular weight is 227 g/mol. The predicted octanol–water partition coefficient (Wildman–Crippen LogP) is 1.50. The van der Waals surface area contributed by atoms with Crippen LogP contribution < -0.4 is 0 Å². The first kappa shape index (κ1) is 7.67. The van der Waals surface area contributed by atoms with Crippen LogP contribution in [-0.4, -0.2) is 19.6 Å². The molecule has 0 atom stereocenters. The minimum absolute atomic E-state index is 0.765. The first-order valence-electron chi connectivity index (χ1n) is 3.53. The van der Waals surface area contributed by atoms with Crippen LogP contribution in [0.5, 0.6) is 0 Å². The second-order valence-corrected chi connectivity index (χ2v) is 3.40. The van der Waals surface area contributed by atoms with Crippen molar-refractivity contribution in [1.82, 2.24) is 19.6 Å². The van der Waals surface area contributed by atoms with Crippen molar-refractivity contribution in [3.8, 4) is 0 Å². The summed E-state index contributed by atoms with van der Waals surface area (Å²) >= 11 is 3.36. The number of hydrogen-bond donors (Lipinski definition) is 0. The van der Waals surface area contributed by atoms with Crippen molar-refractivity contribution < 1.29 is 0 Å². The van der Waals surface area contributed by atoms with Gasteiger partial charge in [0.2, 0.25) is 0 Å². The Morgan fingerprint density at radius 1 is 1.33 bits per heavy atom. The van der Waals surface area contributed by atoms with Crippen LogP contribution in [0.4, 0.5) is 0 Å². The molecule has 0 radical (unpaired) electrons. The van der Waals surface area contributed by atoms with Crippen LogP contribution in [0.1, 0.15) is 11.6 Å². The molecule has 62 valence electrons. The van der Waals surface area contributed by atoms with Crippen LogP contribution >= 0.6 is 15.9 Å². The van der Waals surface area contributed by atoms with Crippen molar-refractivity contribution in [3.63, 3.8) is 0 Å². The van der Waals surface area contributed by atoms with Crippen LogP contribution in [0, 0.1) is 13.8 Å². The highest BCUT2D eigenvalue weighted by molar-refractivity contribution is 9.10. The Labute approximate surface area is 77.8 Å². The molecule has 12 heavy (non-hydrogen) atoms. The van der Waals surface area contributed by atoms with E-state index in [1.807, 2.05) is 13.8 Å². The fourth-order valence-electron chi connectivity index (χ4n) is 1.12. The normalized spacial score (nSPS) is 10.9. The van der Waals surface area contributed by atoms with Crippen molar-refractivity contribution in [2.45, 2.75) is 13.8 Å². The third-order valence-electron chi connectivity index (χ3n) is 1.60. The van der Waals surface area contributed by atoms with E-state index in [0.717, 1.165) is 21.8 Å². The van der Waals surface area contributed by atoms with Crippen molar-refractivity contribution in [1.29, 1.82) is 0 Å². The first-order valence-corrected chi connectivity index (χ1v) is 4.32. The predicted molar refractivity (Wildman–Crippen MR) is 48.0 cm³/mol. The van der Waals surface area contributed by atoms with Crippen molar-refractivity contribution in [2.24, 2.45) is 0 Å². The van der Waals surface area contributed by atoms with Gasteiger partial charge in [-0.2, -0.15) is 5.10 Å². The maximum absolute atomic E-state index is 4.24. The molecule has 2 aromatic heterocycles. The van der Waals surface area contributed by atoms with Gasteiger partial charge in [0.15, 0.2) is 5.65 Å². The van der Waals surface area contributed by atoms with Gasteiger partial charge in [-0.15, -0.1) is 0 Å². The van der Waals surface area contributed by atoms with Gasteiger partial charge in [0.05, 0.1) is 10.7 Å². The summed E-state index contributed by atoms with van der Waals surface area (Å²) in [6, 6.07) is 0. The molecule has 0 aliphatic heterocycles. The maximum atomic E-state index is 4.24. The highest BCUT2D eigenvalue weighted by atomic mass is 79.9. The molecule has 4 nitrogen and oxygen atoms in total. The lowest BCUT2D eigenvalue weighted by Gasteiger charge is -1.98. The average Bonchev–Trinajstić information content (AvgIpc) is 2.33. The molecule has 2 aromatic rings. The number of aryl methyl sites for hydroxylation is 2. The monoisotopic (exact) mass is 226 g/mol. The van der Waals surface area contributed by atoms with E-state index in [1.165, 1.54) is 0 Å². The summed E-state index contributed by atoms with van der Waals surface area (Å²) in [7, 11) is 0. The SMILES string of the molecule is Cc1nc(C)n2ncc(Br)c2n1. The zero-order valence-electron chi connectivity index (χ0n) is 6.74. The van der Waals surface area contributed by atoms with Crippen LogP contribution in [-0.2, 0) is 0 Å². The molecule has 0 saturated carbocycles. The van der Waals surface area contributed by atoms with Gasteiger partial charge >= 0.3 is 0 Å². The first-order chi connectivity index (χ1) is 5.68. The van der Waals surface area contributed by atoms with Gasteiger partial charge in [0.25, 0.3) is 0 Å². The molecule has 0 amide bonds. The van der Waals surface area contributed by atoms with Crippen LogP contribution in [0.15, 0.2) is 10.7 Å².